The second kappa shape index (κ2) is 8.52. The van der Waals surface area contributed by atoms with Crippen molar-refractivity contribution in [3.63, 3.8) is 0 Å². The molecule has 1 atom stereocenters. The van der Waals surface area contributed by atoms with Gasteiger partial charge in [0.1, 0.15) is 5.76 Å². The number of aromatic nitrogens is 3. The van der Waals surface area contributed by atoms with Crippen molar-refractivity contribution in [2.24, 2.45) is 0 Å². The highest BCUT2D eigenvalue weighted by Crippen LogP contribution is 2.36. The van der Waals surface area contributed by atoms with Crippen LogP contribution in [0.2, 0.25) is 0 Å². The van der Waals surface area contributed by atoms with Crippen LogP contribution < -0.4 is 5.56 Å². The number of aliphatic hydroxyl groups excluding tert-OH is 1. The van der Waals surface area contributed by atoms with Gasteiger partial charge in [-0.15, -0.1) is 0 Å². The van der Waals surface area contributed by atoms with Crippen LogP contribution in [0.5, 0.6) is 0 Å². The molecule has 0 saturated heterocycles. The van der Waals surface area contributed by atoms with Gasteiger partial charge in [-0.1, -0.05) is 49.0 Å². The molecule has 3 heterocycles. The number of nitrogens with zero attached hydrogens (tertiary/aromatic N) is 2. The first-order chi connectivity index (χ1) is 16.4. The Bertz CT molecular complexity index is 1560. The van der Waals surface area contributed by atoms with Crippen molar-refractivity contribution in [3.05, 3.63) is 119 Å². The number of aliphatic hydroxyl groups is 1. The van der Waals surface area contributed by atoms with Crippen molar-refractivity contribution in [1.29, 1.82) is 0 Å². The summed E-state index contributed by atoms with van der Waals surface area (Å²) in [6.45, 7) is 7.57. The van der Waals surface area contributed by atoms with Crippen molar-refractivity contribution in [1.82, 2.24) is 14.5 Å². The minimum atomic E-state index is -0.0757. The van der Waals surface area contributed by atoms with Gasteiger partial charge in [0.25, 0.3) is 5.56 Å². The first-order valence-corrected chi connectivity index (χ1v) is 11.2. The maximum Gasteiger partial charge on any atom is 0.250 e. The Hall–Kier alpha value is -4.38. The van der Waals surface area contributed by atoms with Crippen LogP contribution in [0.3, 0.4) is 0 Å². The highest BCUT2D eigenvalue weighted by atomic mass is 16.3. The summed E-state index contributed by atoms with van der Waals surface area (Å²) in [5.41, 5.74) is 7.49. The predicted octanol–water partition coefficient (Wildman–Crippen LogP) is 6.51. The van der Waals surface area contributed by atoms with Crippen LogP contribution in [-0.2, 0) is 0 Å². The number of benzene rings is 2. The number of nitrogens with one attached hydrogen (secondary N) is 1. The molecule has 2 N–H and O–H groups in total. The highest BCUT2D eigenvalue weighted by molar-refractivity contribution is 5.98. The summed E-state index contributed by atoms with van der Waals surface area (Å²) in [5, 5.41) is 10.8. The zero-order chi connectivity index (χ0) is 23.8. The lowest BCUT2D eigenvalue weighted by atomic mass is 10.00. The molecular weight excluding hydrogens is 422 g/mol. The lowest BCUT2D eigenvalue weighted by molar-refractivity contribution is 0.514. The van der Waals surface area contributed by atoms with Gasteiger partial charge in [-0.25, -0.2) is 0 Å². The number of pyridine rings is 2. The molecule has 0 unspecified atom stereocenters. The number of fused-ring (bicyclic) bond motifs is 1. The van der Waals surface area contributed by atoms with Crippen molar-refractivity contribution in [2.45, 2.75) is 19.9 Å². The number of aromatic amines is 1. The van der Waals surface area contributed by atoms with Crippen molar-refractivity contribution in [2.75, 3.05) is 0 Å². The average molecular weight is 448 g/mol. The predicted molar refractivity (Wildman–Crippen MR) is 138 cm³/mol. The van der Waals surface area contributed by atoms with E-state index in [1.165, 1.54) is 0 Å². The molecule has 0 saturated carbocycles. The van der Waals surface area contributed by atoms with Gasteiger partial charge < -0.3 is 14.7 Å². The second-order valence-corrected chi connectivity index (χ2v) is 8.54. The Morgan fingerprint density at radius 2 is 1.79 bits per heavy atom. The summed E-state index contributed by atoms with van der Waals surface area (Å²) in [4.78, 5) is 19.3. The van der Waals surface area contributed by atoms with Crippen molar-refractivity contribution >= 4 is 16.7 Å². The van der Waals surface area contributed by atoms with Gasteiger partial charge in [0.2, 0.25) is 0 Å². The fourth-order valence-corrected chi connectivity index (χ4v) is 4.35. The largest absolute Gasteiger partial charge is 0.508 e. The standard InChI is InChI=1S/C29H25N3O2/c1-18-14-24(16-31-29(18)34)23-11-12-25-26(22-9-7-21(8-10-22)20(3)33)17-32(28(25)15-23)19(2)27-6-4-5-13-30-27/h4-17,19,33H,3H2,1-2H3,(H,31,34)/t19-/m0/s1. The molecule has 0 aliphatic carbocycles. The van der Waals surface area contributed by atoms with Gasteiger partial charge in [0, 0.05) is 46.2 Å². The minimum Gasteiger partial charge on any atom is -0.508 e. The van der Waals surface area contributed by atoms with E-state index in [4.69, 9.17) is 0 Å². The molecule has 0 aliphatic rings. The molecule has 5 nitrogen and oxygen atoms in total. The van der Waals surface area contributed by atoms with Crippen molar-refractivity contribution in [3.8, 4) is 22.3 Å². The summed E-state index contributed by atoms with van der Waals surface area (Å²) in [6.07, 6.45) is 5.73. The Kier molecular flexibility index (Phi) is 5.38. The zero-order valence-corrected chi connectivity index (χ0v) is 19.1. The first-order valence-electron chi connectivity index (χ1n) is 11.2. The van der Waals surface area contributed by atoms with Gasteiger partial charge in [-0.05, 0) is 54.8 Å². The monoisotopic (exact) mass is 447 g/mol. The van der Waals surface area contributed by atoms with E-state index in [0.29, 0.717) is 11.1 Å². The number of H-pyrrole nitrogens is 1. The average Bonchev–Trinajstić information content (AvgIpc) is 3.24. The summed E-state index contributed by atoms with van der Waals surface area (Å²) >= 11 is 0. The van der Waals surface area contributed by atoms with Gasteiger partial charge in [-0.3, -0.25) is 9.78 Å². The molecule has 0 spiro atoms. The summed E-state index contributed by atoms with van der Waals surface area (Å²) in [7, 11) is 0. The third kappa shape index (κ3) is 3.82. The van der Waals surface area contributed by atoms with E-state index in [-0.39, 0.29) is 17.4 Å². The zero-order valence-electron chi connectivity index (χ0n) is 19.1. The quantitative estimate of drug-likeness (QED) is 0.302. The van der Waals surface area contributed by atoms with Crippen LogP contribution in [0.1, 0.15) is 29.8 Å². The van der Waals surface area contributed by atoms with E-state index in [9.17, 15) is 9.90 Å². The third-order valence-corrected chi connectivity index (χ3v) is 6.32. The molecule has 0 bridgehead atoms. The second-order valence-electron chi connectivity index (χ2n) is 8.54. The lowest BCUT2D eigenvalue weighted by Gasteiger charge is -2.15. The lowest BCUT2D eigenvalue weighted by Crippen LogP contribution is -2.08. The van der Waals surface area contributed by atoms with Crippen LogP contribution in [0.15, 0.2) is 96.7 Å². The molecule has 0 fully saturated rings. The van der Waals surface area contributed by atoms with Crippen LogP contribution in [0, 0.1) is 6.92 Å². The van der Waals surface area contributed by atoms with Gasteiger partial charge in [0.05, 0.1) is 11.7 Å². The number of aryl methyl sites for hydroxylation is 1. The van der Waals surface area contributed by atoms with Gasteiger partial charge in [0.15, 0.2) is 0 Å². The molecule has 34 heavy (non-hydrogen) atoms. The number of hydrogen-bond acceptors (Lipinski definition) is 3. The minimum absolute atomic E-state index is 0.0153. The summed E-state index contributed by atoms with van der Waals surface area (Å²) in [6, 6.07) is 22.0. The molecule has 3 aromatic heterocycles. The third-order valence-electron chi connectivity index (χ3n) is 6.32. The molecule has 2 aromatic carbocycles. The van der Waals surface area contributed by atoms with E-state index < -0.39 is 0 Å². The van der Waals surface area contributed by atoms with E-state index in [1.54, 1.807) is 6.20 Å². The molecule has 5 heteroatoms. The molecular formula is C29H25N3O2. The molecule has 5 rings (SSSR count). The van der Waals surface area contributed by atoms with Crippen LogP contribution in [-0.4, -0.2) is 19.6 Å². The molecule has 0 radical (unpaired) electrons. The normalized spacial score (nSPS) is 12.1. The SMILES string of the molecule is C=C(O)c1ccc(-c2cn([C@@H](C)c3ccccn3)c3cc(-c4c[nH]c(=O)c(C)c4)ccc23)cc1. The topological polar surface area (TPSA) is 70.9 Å². The van der Waals surface area contributed by atoms with E-state index in [2.05, 4.69) is 52.4 Å². The Labute approximate surface area is 197 Å². The maximum absolute atomic E-state index is 11.9. The molecule has 5 aromatic rings. The number of rotatable bonds is 5. The van der Waals surface area contributed by atoms with Crippen molar-refractivity contribution < 1.29 is 5.11 Å². The number of hydrogen-bond donors (Lipinski definition) is 2. The van der Waals surface area contributed by atoms with Gasteiger partial charge >= 0.3 is 0 Å². The smallest absolute Gasteiger partial charge is 0.250 e. The first kappa shape index (κ1) is 21.5. The fourth-order valence-electron chi connectivity index (χ4n) is 4.35. The Morgan fingerprint density at radius 1 is 1.03 bits per heavy atom. The van der Waals surface area contributed by atoms with E-state index in [0.717, 1.165) is 38.9 Å². The van der Waals surface area contributed by atoms with Gasteiger partial charge in [-0.2, -0.15) is 0 Å². The maximum atomic E-state index is 11.9. The van der Waals surface area contributed by atoms with Crippen LogP contribution in [0.25, 0.3) is 38.9 Å². The fraction of sp³-hybridized carbons (Fsp3) is 0.103. The summed E-state index contributed by atoms with van der Waals surface area (Å²) in [5.74, 6) is 0.0543. The molecule has 0 amide bonds. The molecule has 168 valence electrons. The molecule has 0 aliphatic heterocycles. The van der Waals surface area contributed by atoms with E-state index >= 15 is 0 Å². The highest BCUT2D eigenvalue weighted by Gasteiger charge is 2.17. The Balaban J connectivity index is 1.71. The summed E-state index contributed by atoms with van der Waals surface area (Å²) < 4.78 is 2.24. The van der Waals surface area contributed by atoms with Crippen LogP contribution in [0.4, 0.5) is 0 Å². The van der Waals surface area contributed by atoms with E-state index in [1.807, 2.05) is 61.7 Å². The van der Waals surface area contributed by atoms with Crippen LogP contribution >= 0.6 is 0 Å². The Morgan fingerprint density at radius 3 is 2.47 bits per heavy atom.